The number of rotatable bonds is 12. The Morgan fingerprint density at radius 2 is 1.35 bits per heavy atom. The van der Waals surface area contributed by atoms with Crippen LogP contribution in [-0.4, -0.2) is 73.0 Å². The van der Waals surface area contributed by atoms with Crippen molar-refractivity contribution in [3.8, 4) is 5.75 Å². The Hall–Kier alpha value is -3.15. The summed E-state index contributed by atoms with van der Waals surface area (Å²) in [5, 5.41) is 0. The maximum Gasteiger partial charge on any atom is 0.210 e. The van der Waals surface area contributed by atoms with Crippen LogP contribution in [0.25, 0.3) is 0 Å². The summed E-state index contributed by atoms with van der Waals surface area (Å²) in [6.45, 7) is 7.86. The molecule has 0 radical (unpaired) electrons. The smallest absolute Gasteiger partial charge is 0.210 e. The molecule has 0 atom stereocenters. The molecule has 3 aromatic carbocycles. The normalized spacial score (nSPS) is 17.4. The van der Waals surface area contributed by atoms with E-state index in [-0.39, 0.29) is 6.10 Å². The average Bonchev–Trinajstić information content (AvgIpc) is 3.29. The lowest BCUT2D eigenvalue weighted by molar-refractivity contribution is -0.118. The monoisotopic (exact) mass is 539 g/mol. The quantitative estimate of drug-likeness (QED) is 0.257. The van der Waals surface area contributed by atoms with E-state index in [1.807, 2.05) is 4.90 Å². The predicted molar refractivity (Wildman–Crippen MR) is 163 cm³/mol. The van der Waals surface area contributed by atoms with Gasteiger partial charge in [0.1, 0.15) is 11.9 Å². The molecule has 5 nitrogen and oxygen atoms in total. The van der Waals surface area contributed by atoms with Crippen LogP contribution < -0.4 is 4.74 Å². The maximum atomic E-state index is 11.7. The van der Waals surface area contributed by atoms with Crippen LogP contribution in [-0.2, 0) is 11.3 Å². The Morgan fingerprint density at radius 1 is 0.750 bits per heavy atom. The van der Waals surface area contributed by atoms with Gasteiger partial charge in [0.05, 0.1) is 0 Å². The second kappa shape index (κ2) is 15.0. The Bertz CT molecular complexity index is 1080. The molecule has 0 aromatic heterocycles. The van der Waals surface area contributed by atoms with Gasteiger partial charge in [-0.25, -0.2) is 0 Å². The van der Waals surface area contributed by atoms with Crippen LogP contribution in [0.5, 0.6) is 5.75 Å². The largest absolute Gasteiger partial charge is 0.490 e. The van der Waals surface area contributed by atoms with Crippen molar-refractivity contribution in [1.82, 2.24) is 14.7 Å². The molecule has 5 rings (SSSR count). The number of carbonyl (C=O) groups is 1. The van der Waals surface area contributed by atoms with Gasteiger partial charge in [-0.05, 0) is 67.6 Å². The van der Waals surface area contributed by atoms with Crippen molar-refractivity contribution in [3.63, 3.8) is 0 Å². The summed E-state index contributed by atoms with van der Waals surface area (Å²) in [5.41, 5.74) is 3.91. The standard InChI is InChI=1S/C35H45N3O2/c39-29-38(26-25-36-21-9-1-2-10-22-36)27-30-15-17-33(18-16-30)40-34-19-23-37(24-20-34)28-35(31-11-5-3-6-12-31)32-13-7-4-8-14-32/h3-8,11-18,29,34-35H,1-2,9-10,19-28H2. The molecule has 0 aliphatic carbocycles. The molecule has 1 amide bonds. The summed E-state index contributed by atoms with van der Waals surface area (Å²) >= 11 is 0. The molecule has 40 heavy (non-hydrogen) atoms. The molecule has 0 N–H and O–H groups in total. The first-order valence-electron chi connectivity index (χ1n) is 15.3. The maximum absolute atomic E-state index is 11.7. The molecule has 0 unspecified atom stereocenters. The van der Waals surface area contributed by atoms with Crippen molar-refractivity contribution in [2.24, 2.45) is 0 Å². The van der Waals surface area contributed by atoms with Crippen molar-refractivity contribution in [2.45, 2.75) is 57.1 Å². The summed E-state index contributed by atoms with van der Waals surface area (Å²) in [7, 11) is 0. The fraction of sp³-hybridized carbons (Fsp3) is 0.457. The number of hydrogen-bond acceptors (Lipinski definition) is 4. The fourth-order valence-electron chi connectivity index (χ4n) is 6.14. The molecule has 0 saturated carbocycles. The van der Waals surface area contributed by atoms with Gasteiger partial charge in [0, 0.05) is 45.2 Å². The molecule has 3 aromatic rings. The third-order valence-corrected chi connectivity index (χ3v) is 8.54. The average molecular weight is 540 g/mol. The molecule has 212 valence electrons. The Balaban J connectivity index is 1.08. The Labute approximate surface area is 240 Å². The number of hydrogen-bond donors (Lipinski definition) is 0. The van der Waals surface area contributed by atoms with E-state index in [1.165, 1.54) is 36.8 Å². The third-order valence-electron chi connectivity index (χ3n) is 8.54. The van der Waals surface area contributed by atoms with E-state index in [2.05, 4.69) is 94.7 Å². The molecular formula is C35H45N3O2. The molecule has 5 heteroatoms. The lowest BCUT2D eigenvalue weighted by atomic mass is 9.90. The first-order valence-corrected chi connectivity index (χ1v) is 15.3. The number of likely N-dealkylation sites (tertiary alicyclic amines) is 2. The van der Waals surface area contributed by atoms with Crippen molar-refractivity contribution in [2.75, 3.05) is 45.8 Å². The van der Waals surface area contributed by atoms with Crippen LogP contribution in [0.15, 0.2) is 84.9 Å². The van der Waals surface area contributed by atoms with Crippen LogP contribution >= 0.6 is 0 Å². The molecule has 2 fully saturated rings. The van der Waals surface area contributed by atoms with Gasteiger partial charge >= 0.3 is 0 Å². The van der Waals surface area contributed by atoms with E-state index in [1.54, 1.807) is 0 Å². The van der Waals surface area contributed by atoms with E-state index in [0.717, 1.165) is 76.4 Å². The summed E-state index contributed by atoms with van der Waals surface area (Å²) in [6, 6.07) is 30.1. The number of amides is 1. The van der Waals surface area contributed by atoms with Crippen LogP contribution in [0.1, 0.15) is 61.1 Å². The zero-order valence-corrected chi connectivity index (χ0v) is 23.9. The minimum Gasteiger partial charge on any atom is -0.490 e. The SMILES string of the molecule is O=CN(CCN1CCCCCC1)Cc1ccc(OC2CCN(CC(c3ccccc3)c3ccccc3)CC2)cc1. The first kappa shape index (κ1) is 28.4. The molecule has 2 saturated heterocycles. The van der Waals surface area contributed by atoms with Crippen molar-refractivity contribution >= 4 is 6.41 Å². The second-order valence-electron chi connectivity index (χ2n) is 11.5. The highest BCUT2D eigenvalue weighted by molar-refractivity contribution is 5.47. The van der Waals surface area contributed by atoms with Crippen molar-refractivity contribution in [1.29, 1.82) is 0 Å². The number of piperidine rings is 1. The number of carbonyl (C=O) groups excluding carboxylic acids is 1. The third kappa shape index (κ3) is 8.42. The zero-order valence-electron chi connectivity index (χ0n) is 23.9. The van der Waals surface area contributed by atoms with E-state index >= 15 is 0 Å². The lowest BCUT2D eigenvalue weighted by Gasteiger charge is -2.34. The van der Waals surface area contributed by atoms with E-state index < -0.39 is 0 Å². The summed E-state index contributed by atoms with van der Waals surface area (Å²) in [6.07, 6.45) is 8.55. The van der Waals surface area contributed by atoms with Crippen LogP contribution in [0, 0.1) is 0 Å². The Kier molecular flexibility index (Phi) is 10.7. The highest BCUT2D eigenvalue weighted by atomic mass is 16.5. The first-order chi connectivity index (χ1) is 19.8. The molecule has 0 bridgehead atoms. The predicted octanol–water partition coefficient (Wildman–Crippen LogP) is 6.20. The van der Waals surface area contributed by atoms with E-state index in [4.69, 9.17) is 4.74 Å². The van der Waals surface area contributed by atoms with Crippen LogP contribution in [0.2, 0.25) is 0 Å². The van der Waals surface area contributed by atoms with E-state index in [0.29, 0.717) is 12.5 Å². The summed E-state index contributed by atoms with van der Waals surface area (Å²) in [5.74, 6) is 1.30. The van der Waals surface area contributed by atoms with Gasteiger partial charge < -0.3 is 19.4 Å². The Morgan fingerprint density at radius 3 is 1.93 bits per heavy atom. The van der Waals surface area contributed by atoms with Gasteiger partial charge in [-0.1, -0.05) is 85.6 Å². The molecular weight excluding hydrogens is 494 g/mol. The van der Waals surface area contributed by atoms with Gasteiger partial charge in [0.2, 0.25) is 6.41 Å². The number of nitrogens with zero attached hydrogens (tertiary/aromatic N) is 3. The van der Waals surface area contributed by atoms with Gasteiger partial charge in [-0.2, -0.15) is 0 Å². The number of benzene rings is 3. The molecule has 0 spiro atoms. The van der Waals surface area contributed by atoms with E-state index in [9.17, 15) is 4.79 Å². The summed E-state index contributed by atoms with van der Waals surface area (Å²) in [4.78, 5) is 18.7. The topological polar surface area (TPSA) is 36.0 Å². The van der Waals surface area contributed by atoms with Gasteiger partial charge in [-0.15, -0.1) is 0 Å². The van der Waals surface area contributed by atoms with Gasteiger partial charge in [-0.3, -0.25) is 4.79 Å². The summed E-state index contributed by atoms with van der Waals surface area (Å²) < 4.78 is 6.39. The molecule has 2 heterocycles. The molecule has 2 aliphatic heterocycles. The highest BCUT2D eigenvalue weighted by Gasteiger charge is 2.24. The van der Waals surface area contributed by atoms with Crippen molar-refractivity contribution < 1.29 is 9.53 Å². The van der Waals surface area contributed by atoms with Crippen LogP contribution in [0.3, 0.4) is 0 Å². The zero-order chi connectivity index (χ0) is 27.4. The van der Waals surface area contributed by atoms with Crippen molar-refractivity contribution in [3.05, 3.63) is 102 Å². The molecule has 2 aliphatic rings. The van der Waals surface area contributed by atoms with Crippen LogP contribution in [0.4, 0.5) is 0 Å². The number of ether oxygens (including phenoxy) is 1. The fourth-order valence-corrected chi connectivity index (χ4v) is 6.14. The highest BCUT2D eigenvalue weighted by Crippen LogP contribution is 2.28. The minimum atomic E-state index is 0.245. The lowest BCUT2D eigenvalue weighted by Crippen LogP contribution is -2.40. The van der Waals surface area contributed by atoms with Gasteiger partial charge in [0.15, 0.2) is 0 Å². The van der Waals surface area contributed by atoms with Gasteiger partial charge in [0.25, 0.3) is 0 Å². The minimum absolute atomic E-state index is 0.245. The second-order valence-corrected chi connectivity index (χ2v) is 11.5.